The van der Waals surface area contributed by atoms with E-state index in [9.17, 15) is 13.2 Å². The quantitative estimate of drug-likeness (QED) is 0.777. The predicted octanol–water partition coefficient (Wildman–Crippen LogP) is 1.51. The second-order valence-corrected chi connectivity index (χ2v) is 9.01. The number of carbonyl (C=O) groups excluding carboxylic acids is 1. The molecule has 1 aromatic rings. The molecule has 0 bridgehead atoms. The van der Waals surface area contributed by atoms with Crippen LogP contribution in [0.15, 0.2) is 23.1 Å². The van der Waals surface area contributed by atoms with E-state index in [1.165, 1.54) is 11.2 Å². The molecular formula is C18H24N2O5S. The average Bonchev–Trinajstić information content (AvgIpc) is 3.09. The fourth-order valence-electron chi connectivity index (χ4n) is 4.06. The molecule has 4 rings (SSSR count). The van der Waals surface area contributed by atoms with Gasteiger partial charge in [-0.15, -0.1) is 0 Å². The molecule has 3 aliphatic heterocycles. The van der Waals surface area contributed by atoms with E-state index >= 15 is 0 Å². The molecule has 142 valence electrons. The van der Waals surface area contributed by atoms with E-state index in [0.717, 1.165) is 24.1 Å². The van der Waals surface area contributed by atoms with Crippen LogP contribution in [0.3, 0.4) is 0 Å². The lowest BCUT2D eigenvalue weighted by Crippen LogP contribution is -2.47. The molecule has 7 nitrogen and oxygen atoms in total. The molecule has 3 aliphatic rings. The summed E-state index contributed by atoms with van der Waals surface area (Å²) in [6, 6.07) is 5.10. The zero-order valence-corrected chi connectivity index (χ0v) is 15.8. The second-order valence-electron chi connectivity index (χ2n) is 7.08. The Hall–Kier alpha value is -1.48. The Morgan fingerprint density at radius 3 is 2.46 bits per heavy atom. The van der Waals surface area contributed by atoms with Crippen LogP contribution in [0.5, 0.6) is 0 Å². The van der Waals surface area contributed by atoms with Crippen molar-refractivity contribution in [2.45, 2.75) is 43.3 Å². The standard InChI is InChI=1S/C18H24N2O5S/c1-14(21)20-8-2-3-15-13-16(4-5-17(15)20)26(22,23)19-9-6-18(7-10-19)24-11-12-25-18/h4-5,13H,2-3,6-12H2,1H3. The third-order valence-corrected chi connectivity index (χ3v) is 7.38. The van der Waals surface area contributed by atoms with Crippen molar-refractivity contribution in [1.82, 2.24) is 4.31 Å². The smallest absolute Gasteiger partial charge is 0.243 e. The van der Waals surface area contributed by atoms with Gasteiger partial charge in [0.05, 0.1) is 18.1 Å². The lowest BCUT2D eigenvalue weighted by Gasteiger charge is -2.37. The lowest BCUT2D eigenvalue weighted by molar-refractivity contribution is -0.179. The van der Waals surface area contributed by atoms with Crippen molar-refractivity contribution in [3.05, 3.63) is 23.8 Å². The highest BCUT2D eigenvalue weighted by molar-refractivity contribution is 7.89. The molecule has 2 saturated heterocycles. The van der Waals surface area contributed by atoms with Crippen molar-refractivity contribution in [2.24, 2.45) is 0 Å². The van der Waals surface area contributed by atoms with Crippen LogP contribution in [-0.4, -0.2) is 57.3 Å². The first kappa shape index (κ1) is 17.9. The molecular weight excluding hydrogens is 356 g/mol. The van der Waals surface area contributed by atoms with Crippen molar-refractivity contribution in [2.75, 3.05) is 37.7 Å². The zero-order chi connectivity index (χ0) is 18.4. The summed E-state index contributed by atoms with van der Waals surface area (Å²) in [6.07, 6.45) is 2.73. The SMILES string of the molecule is CC(=O)N1CCCc2cc(S(=O)(=O)N3CCC4(CC3)OCCO4)ccc21. The van der Waals surface area contributed by atoms with Crippen molar-refractivity contribution < 1.29 is 22.7 Å². The minimum atomic E-state index is -3.56. The van der Waals surface area contributed by atoms with Gasteiger partial charge in [-0.3, -0.25) is 4.79 Å². The number of sulfonamides is 1. The number of piperidine rings is 1. The van der Waals surface area contributed by atoms with Crippen LogP contribution in [0, 0.1) is 0 Å². The predicted molar refractivity (Wildman–Crippen MR) is 95.4 cm³/mol. The lowest BCUT2D eigenvalue weighted by atomic mass is 10.0. The average molecular weight is 380 g/mol. The van der Waals surface area contributed by atoms with Gasteiger partial charge in [0.2, 0.25) is 15.9 Å². The van der Waals surface area contributed by atoms with Crippen LogP contribution in [-0.2, 0) is 30.7 Å². The van der Waals surface area contributed by atoms with Crippen LogP contribution in [0.25, 0.3) is 0 Å². The summed E-state index contributed by atoms with van der Waals surface area (Å²) < 4.78 is 39.0. The molecule has 0 saturated carbocycles. The van der Waals surface area contributed by atoms with Gasteiger partial charge >= 0.3 is 0 Å². The topological polar surface area (TPSA) is 76.2 Å². The Morgan fingerprint density at radius 1 is 1.12 bits per heavy atom. The minimum absolute atomic E-state index is 0.0144. The maximum absolute atomic E-state index is 13.1. The van der Waals surface area contributed by atoms with Gasteiger partial charge in [0.25, 0.3) is 0 Å². The van der Waals surface area contributed by atoms with E-state index in [-0.39, 0.29) is 5.91 Å². The molecule has 0 N–H and O–H groups in total. The van der Waals surface area contributed by atoms with E-state index in [0.29, 0.717) is 50.6 Å². The first-order valence-corrected chi connectivity index (χ1v) is 10.5. The number of benzene rings is 1. The molecule has 0 aromatic heterocycles. The van der Waals surface area contributed by atoms with Gasteiger partial charge in [0, 0.05) is 45.1 Å². The Labute approximate surface area is 153 Å². The number of hydrogen-bond donors (Lipinski definition) is 0. The molecule has 2 fully saturated rings. The van der Waals surface area contributed by atoms with Crippen molar-refractivity contribution in [3.8, 4) is 0 Å². The molecule has 8 heteroatoms. The minimum Gasteiger partial charge on any atom is -0.347 e. The van der Waals surface area contributed by atoms with Crippen molar-refractivity contribution >= 4 is 21.6 Å². The summed E-state index contributed by atoms with van der Waals surface area (Å²) in [4.78, 5) is 13.8. The maximum atomic E-state index is 13.1. The van der Waals surface area contributed by atoms with Crippen LogP contribution in [0.1, 0.15) is 31.7 Å². The summed E-state index contributed by atoms with van der Waals surface area (Å²) >= 11 is 0. The number of carbonyl (C=O) groups is 1. The highest BCUT2D eigenvalue weighted by Crippen LogP contribution is 2.35. The maximum Gasteiger partial charge on any atom is 0.243 e. The summed E-state index contributed by atoms with van der Waals surface area (Å²) in [7, 11) is -3.56. The molecule has 26 heavy (non-hydrogen) atoms. The second kappa shape index (κ2) is 6.60. The normalized spacial score (nSPS) is 23.2. The van der Waals surface area contributed by atoms with E-state index < -0.39 is 15.8 Å². The highest BCUT2D eigenvalue weighted by Gasteiger charge is 2.42. The summed E-state index contributed by atoms with van der Waals surface area (Å²) in [5, 5.41) is 0. The Balaban J connectivity index is 1.56. The van der Waals surface area contributed by atoms with Gasteiger partial charge in [-0.1, -0.05) is 0 Å². The number of hydrogen-bond acceptors (Lipinski definition) is 5. The van der Waals surface area contributed by atoms with Gasteiger partial charge in [0.1, 0.15) is 0 Å². The van der Waals surface area contributed by atoms with Gasteiger partial charge < -0.3 is 14.4 Å². The van der Waals surface area contributed by atoms with Crippen LogP contribution in [0.4, 0.5) is 5.69 Å². The van der Waals surface area contributed by atoms with E-state index in [1.807, 2.05) is 0 Å². The molecule has 3 heterocycles. The third-order valence-electron chi connectivity index (χ3n) is 5.49. The fourth-order valence-corrected chi connectivity index (χ4v) is 5.56. The molecule has 0 aliphatic carbocycles. The van der Waals surface area contributed by atoms with Gasteiger partial charge in [-0.25, -0.2) is 8.42 Å². The summed E-state index contributed by atoms with van der Waals surface area (Å²) in [5.41, 5.74) is 1.75. The summed E-state index contributed by atoms with van der Waals surface area (Å²) in [5.74, 6) is -0.608. The van der Waals surface area contributed by atoms with Gasteiger partial charge in [-0.2, -0.15) is 4.31 Å². The Bertz CT molecular complexity index is 807. The highest BCUT2D eigenvalue weighted by atomic mass is 32.2. The molecule has 1 aromatic carbocycles. The number of rotatable bonds is 2. The zero-order valence-electron chi connectivity index (χ0n) is 14.9. The number of nitrogens with zero attached hydrogens (tertiary/aromatic N) is 2. The first-order chi connectivity index (χ1) is 12.4. The van der Waals surface area contributed by atoms with Gasteiger partial charge in [0.15, 0.2) is 5.79 Å². The number of aryl methyl sites for hydroxylation is 1. The molecule has 1 amide bonds. The molecule has 0 unspecified atom stereocenters. The Morgan fingerprint density at radius 2 is 1.81 bits per heavy atom. The largest absolute Gasteiger partial charge is 0.347 e. The van der Waals surface area contributed by atoms with Crippen molar-refractivity contribution in [3.63, 3.8) is 0 Å². The van der Waals surface area contributed by atoms with Gasteiger partial charge in [-0.05, 0) is 36.6 Å². The number of fused-ring (bicyclic) bond motifs is 1. The van der Waals surface area contributed by atoms with Crippen LogP contribution in [0.2, 0.25) is 0 Å². The van der Waals surface area contributed by atoms with Crippen LogP contribution >= 0.6 is 0 Å². The van der Waals surface area contributed by atoms with Crippen LogP contribution < -0.4 is 4.90 Å². The summed E-state index contributed by atoms with van der Waals surface area (Å²) in [6.45, 7) is 4.14. The van der Waals surface area contributed by atoms with Crippen molar-refractivity contribution in [1.29, 1.82) is 0 Å². The molecule has 0 atom stereocenters. The third kappa shape index (κ3) is 3.05. The molecule has 0 radical (unpaired) electrons. The number of anilines is 1. The number of ether oxygens (including phenoxy) is 2. The van der Waals surface area contributed by atoms with E-state index in [4.69, 9.17) is 9.47 Å². The van der Waals surface area contributed by atoms with E-state index in [2.05, 4.69) is 0 Å². The monoisotopic (exact) mass is 380 g/mol. The first-order valence-electron chi connectivity index (χ1n) is 9.10. The number of amides is 1. The fraction of sp³-hybridized carbons (Fsp3) is 0.611. The Kier molecular flexibility index (Phi) is 4.54. The molecule has 1 spiro atoms. The van der Waals surface area contributed by atoms with E-state index in [1.54, 1.807) is 23.1 Å².